The van der Waals surface area contributed by atoms with E-state index in [-0.39, 0.29) is 0 Å². The van der Waals surface area contributed by atoms with Crippen molar-refractivity contribution < 1.29 is 14.6 Å². The Morgan fingerprint density at radius 2 is 2.00 bits per heavy atom. The van der Waals surface area contributed by atoms with Crippen molar-refractivity contribution in [2.24, 2.45) is 0 Å². The highest BCUT2D eigenvalue weighted by Crippen LogP contribution is 2.15. The molecule has 102 valence electrons. The van der Waals surface area contributed by atoms with Crippen molar-refractivity contribution in [3.05, 3.63) is 0 Å². The molecular weight excluding hydrogens is 218 g/mol. The van der Waals surface area contributed by atoms with E-state index in [9.17, 15) is 9.90 Å². The van der Waals surface area contributed by atoms with Crippen LogP contribution >= 0.6 is 0 Å². The van der Waals surface area contributed by atoms with Gasteiger partial charge in [-0.15, -0.1) is 0 Å². The maximum atomic E-state index is 11.3. The van der Waals surface area contributed by atoms with Gasteiger partial charge in [0.1, 0.15) is 5.54 Å². The van der Waals surface area contributed by atoms with Crippen LogP contribution in [0.4, 0.5) is 0 Å². The van der Waals surface area contributed by atoms with E-state index < -0.39 is 11.5 Å². The Labute approximate surface area is 105 Å². The number of hydrogen-bond acceptors (Lipinski definition) is 3. The third-order valence-corrected chi connectivity index (χ3v) is 3.04. The Bertz CT molecular complexity index is 195. The molecule has 0 heterocycles. The quantitative estimate of drug-likeness (QED) is 0.549. The van der Waals surface area contributed by atoms with Crippen LogP contribution in [0.1, 0.15) is 52.4 Å². The van der Waals surface area contributed by atoms with Crippen LogP contribution in [0.15, 0.2) is 0 Å². The summed E-state index contributed by atoms with van der Waals surface area (Å²) >= 11 is 0. The lowest BCUT2D eigenvalue weighted by atomic mass is 9.94. The molecule has 0 fully saturated rings. The second-order valence-corrected chi connectivity index (χ2v) is 4.72. The minimum Gasteiger partial charge on any atom is -0.480 e. The zero-order valence-electron chi connectivity index (χ0n) is 11.4. The second kappa shape index (κ2) is 9.42. The first-order chi connectivity index (χ1) is 8.06. The Balaban J connectivity index is 3.94. The maximum Gasteiger partial charge on any atom is 0.323 e. The highest BCUT2D eigenvalue weighted by atomic mass is 16.5. The fourth-order valence-electron chi connectivity index (χ4n) is 1.76. The maximum absolute atomic E-state index is 11.3. The summed E-state index contributed by atoms with van der Waals surface area (Å²) in [5, 5.41) is 12.4. The van der Waals surface area contributed by atoms with Crippen molar-refractivity contribution in [1.29, 1.82) is 0 Å². The molecule has 0 radical (unpaired) electrons. The van der Waals surface area contributed by atoms with Gasteiger partial charge in [-0.2, -0.15) is 0 Å². The molecule has 0 aliphatic rings. The minimum atomic E-state index is -0.790. The van der Waals surface area contributed by atoms with Crippen molar-refractivity contribution in [2.45, 2.75) is 57.9 Å². The molecule has 2 N–H and O–H groups in total. The van der Waals surface area contributed by atoms with Crippen molar-refractivity contribution in [3.8, 4) is 0 Å². The molecule has 0 amide bonds. The summed E-state index contributed by atoms with van der Waals surface area (Å²) in [5.74, 6) is -0.758. The summed E-state index contributed by atoms with van der Waals surface area (Å²) in [6.07, 6.45) is 5.96. The number of unbranched alkanes of at least 4 members (excludes halogenated alkanes) is 3. The molecule has 0 aromatic rings. The molecule has 4 nitrogen and oxygen atoms in total. The molecule has 4 heteroatoms. The van der Waals surface area contributed by atoms with Gasteiger partial charge in [-0.3, -0.25) is 4.79 Å². The average Bonchev–Trinajstić information content (AvgIpc) is 2.30. The molecule has 0 aliphatic carbocycles. The van der Waals surface area contributed by atoms with Gasteiger partial charge < -0.3 is 15.2 Å². The SMILES string of the molecule is CCCCCCC(C)(NCCCOC)C(=O)O. The predicted molar refractivity (Wildman–Crippen MR) is 69.3 cm³/mol. The van der Waals surface area contributed by atoms with E-state index in [2.05, 4.69) is 12.2 Å². The van der Waals surface area contributed by atoms with Crippen LogP contribution in [0.2, 0.25) is 0 Å². The number of methoxy groups -OCH3 is 1. The number of carbonyl (C=O) groups is 1. The lowest BCUT2D eigenvalue weighted by Crippen LogP contribution is -2.50. The summed E-state index contributed by atoms with van der Waals surface area (Å²) < 4.78 is 4.94. The molecule has 0 saturated heterocycles. The molecule has 17 heavy (non-hydrogen) atoms. The lowest BCUT2D eigenvalue weighted by molar-refractivity contribution is -0.144. The van der Waals surface area contributed by atoms with E-state index in [1.165, 1.54) is 12.8 Å². The molecule has 0 bridgehead atoms. The second-order valence-electron chi connectivity index (χ2n) is 4.72. The van der Waals surface area contributed by atoms with Crippen molar-refractivity contribution in [3.63, 3.8) is 0 Å². The third kappa shape index (κ3) is 7.34. The van der Waals surface area contributed by atoms with Crippen LogP contribution in [0.3, 0.4) is 0 Å². The van der Waals surface area contributed by atoms with Crippen LogP contribution in [-0.4, -0.2) is 36.9 Å². The van der Waals surface area contributed by atoms with Crippen LogP contribution in [0.5, 0.6) is 0 Å². The van der Waals surface area contributed by atoms with E-state index >= 15 is 0 Å². The summed E-state index contributed by atoms with van der Waals surface area (Å²) in [4.78, 5) is 11.3. The molecule has 0 aromatic carbocycles. The summed E-state index contributed by atoms with van der Waals surface area (Å²) in [5.41, 5.74) is -0.790. The largest absolute Gasteiger partial charge is 0.480 e. The minimum absolute atomic E-state index is 0.665. The van der Waals surface area contributed by atoms with E-state index in [1.54, 1.807) is 14.0 Å². The Kier molecular flexibility index (Phi) is 9.09. The fourth-order valence-corrected chi connectivity index (χ4v) is 1.76. The highest BCUT2D eigenvalue weighted by Gasteiger charge is 2.31. The van der Waals surface area contributed by atoms with Crippen LogP contribution in [0.25, 0.3) is 0 Å². The average molecular weight is 245 g/mol. The van der Waals surface area contributed by atoms with Crippen LogP contribution in [0, 0.1) is 0 Å². The normalized spacial score (nSPS) is 14.5. The van der Waals surface area contributed by atoms with Crippen molar-refractivity contribution >= 4 is 5.97 Å². The third-order valence-electron chi connectivity index (χ3n) is 3.04. The lowest BCUT2D eigenvalue weighted by Gasteiger charge is -2.26. The number of rotatable bonds is 11. The van der Waals surface area contributed by atoms with Gasteiger partial charge in [-0.05, 0) is 26.3 Å². The van der Waals surface area contributed by atoms with E-state index in [1.807, 2.05) is 0 Å². The molecule has 0 spiro atoms. The van der Waals surface area contributed by atoms with Gasteiger partial charge in [0.15, 0.2) is 0 Å². The van der Waals surface area contributed by atoms with E-state index in [4.69, 9.17) is 4.74 Å². The highest BCUT2D eigenvalue weighted by molar-refractivity contribution is 5.78. The first-order valence-corrected chi connectivity index (χ1v) is 6.54. The van der Waals surface area contributed by atoms with E-state index in [0.717, 1.165) is 19.3 Å². The number of hydrogen-bond donors (Lipinski definition) is 2. The number of carboxylic acid groups (broad SMARTS) is 1. The molecule has 0 saturated carbocycles. The summed E-state index contributed by atoms with van der Waals surface area (Å²) in [6, 6.07) is 0. The van der Waals surface area contributed by atoms with Gasteiger partial charge >= 0.3 is 5.97 Å². The molecular formula is C13H27NO3. The van der Waals surface area contributed by atoms with Gasteiger partial charge in [0, 0.05) is 13.7 Å². The standard InChI is InChI=1S/C13H27NO3/c1-4-5-6-7-9-13(2,12(15)16)14-10-8-11-17-3/h14H,4-11H2,1-3H3,(H,15,16). The molecule has 1 unspecified atom stereocenters. The van der Waals surface area contributed by atoms with Crippen LogP contribution < -0.4 is 5.32 Å². The zero-order chi connectivity index (χ0) is 13.1. The number of carboxylic acids is 1. The van der Waals surface area contributed by atoms with Crippen molar-refractivity contribution in [1.82, 2.24) is 5.32 Å². The number of nitrogens with one attached hydrogen (secondary N) is 1. The Hall–Kier alpha value is -0.610. The summed E-state index contributed by atoms with van der Waals surface area (Å²) in [7, 11) is 1.65. The zero-order valence-corrected chi connectivity index (χ0v) is 11.4. The van der Waals surface area contributed by atoms with Gasteiger partial charge in [-0.1, -0.05) is 32.6 Å². The smallest absolute Gasteiger partial charge is 0.323 e. The summed E-state index contributed by atoms with van der Waals surface area (Å²) in [6.45, 7) is 5.27. The van der Waals surface area contributed by atoms with Crippen LogP contribution in [-0.2, 0) is 9.53 Å². The first-order valence-electron chi connectivity index (χ1n) is 6.54. The monoisotopic (exact) mass is 245 g/mol. The van der Waals surface area contributed by atoms with Gasteiger partial charge in [0.05, 0.1) is 0 Å². The fraction of sp³-hybridized carbons (Fsp3) is 0.923. The van der Waals surface area contributed by atoms with Crippen molar-refractivity contribution in [2.75, 3.05) is 20.3 Å². The Morgan fingerprint density at radius 3 is 2.53 bits per heavy atom. The van der Waals surface area contributed by atoms with Gasteiger partial charge in [0.2, 0.25) is 0 Å². The predicted octanol–water partition coefficient (Wildman–Crippen LogP) is 2.43. The number of ether oxygens (including phenoxy) is 1. The van der Waals surface area contributed by atoms with Gasteiger partial charge in [0.25, 0.3) is 0 Å². The molecule has 1 atom stereocenters. The Morgan fingerprint density at radius 1 is 1.29 bits per heavy atom. The number of aliphatic carboxylic acids is 1. The molecule has 0 rings (SSSR count). The topological polar surface area (TPSA) is 58.6 Å². The first kappa shape index (κ1) is 16.4. The molecule has 0 aliphatic heterocycles. The van der Waals surface area contributed by atoms with E-state index in [0.29, 0.717) is 19.6 Å². The van der Waals surface area contributed by atoms with Gasteiger partial charge in [-0.25, -0.2) is 0 Å². The molecule has 0 aromatic heterocycles.